The first kappa shape index (κ1) is 16.2. The van der Waals surface area contributed by atoms with Crippen LogP contribution in [0.3, 0.4) is 0 Å². The number of cyclic esters (lactones) is 1. The van der Waals surface area contributed by atoms with E-state index >= 15 is 0 Å². The minimum atomic E-state index is -0.869. The van der Waals surface area contributed by atoms with E-state index in [-0.39, 0.29) is 5.56 Å². The number of amides is 1. The summed E-state index contributed by atoms with van der Waals surface area (Å²) in [5, 5.41) is 2.67. The highest BCUT2D eigenvalue weighted by atomic mass is 19.1. The molecule has 4 rings (SSSR count). The van der Waals surface area contributed by atoms with Gasteiger partial charge in [-0.1, -0.05) is 36.4 Å². The van der Waals surface area contributed by atoms with E-state index in [1.165, 1.54) is 0 Å². The van der Waals surface area contributed by atoms with Crippen LogP contribution in [0, 0.1) is 11.6 Å². The summed E-state index contributed by atoms with van der Waals surface area (Å²) in [6, 6.07) is 17.4. The van der Waals surface area contributed by atoms with Gasteiger partial charge in [0.15, 0.2) is 6.10 Å². The van der Waals surface area contributed by atoms with Crippen molar-refractivity contribution in [2.45, 2.75) is 12.1 Å². The molecule has 1 N–H and O–H groups in total. The van der Waals surface area contributed by atoms with Gasteiger partial charge in [0.25, 0.3) is 0 Å². The van der Waals surface area contributed by atoms with Crippen molar-refractivity contribution in [2.75, 3.05) is 0 Å². The first-order valence-corrected chi connectivity index (χ1v) is 8.06. The van der Waals surface area contributed by atoms with E-state index in [1.807, 2.05) is 42.5 Å². The molecular formula is C20H14F2N2O2. The van der Waals surface area contributed by atoms with Gasteiger partial charge in [-0.25, -0.2) is 13.6 Å². The molecule has 0 spiro atoms. The highest BCUT2D eigenvalue weighted by Crippen LogP contribution is 2.37. The first-order chi connectivity index (χ1) is 12.6. The third-order valence-electron chi connectivity index (χ3n) is 4.18. The van der Waals surface area contributed by atoms with Crippen molar-refractivity contribution in [3.63, 3.8) is 0 Å². The Morgan fingerprint density at radius 3 is 2.38 bits per heavy atom. The van der Waals surface area contributed by atoms with E-state index in [1.54, 1.807) is 6.07 Å². The minimum absolute atomic E-state index is 0.234. The van der Waals surface area contributed by atoms with Gasteiger partial charge in [-0.15, -0.1) is 0 Å². The van der Waals surface area contributed by atoms with Crippen LogP contribution in [0.5, 0.6) is 0 Å². The molecule has 2 aromatic carbocycles. The van der Waals surface area contributed by atoms with Crippen LogP contribution in [0.25, 0.3) is 11.3 Å². The lowest BCUT2D eigenvalue weighted by molar-refractivity contribution is 0.131. The fourth-order valence-electron chi connectivity index (χ4n) is 3.04. The second-order valence-electron chi connectivity index (χ2n) is 5.96. The average molecular weight is 352 g/mol. The molecule has 130 valence electrons. The van der Waals surface area contributed by atoms with Crippen LogP contribution < -0.4 is 5.32 Å². The van der Waals surface area contributed by atoms with Gasteiger partial charge in [-0.2, -0.15) is 0 Å². The average Bonchev–Trinajstić information content (AvgIpc) is 3.04. The zero-order chi connectivity index (χ0) is 18.1. The van der Waals surface area contributed by atoms with Gasteiger partial charge in [0, 0.05) is 17.2 Å². The van der Waals surface area contributed by atoms with Crippen molar-refractivity contribution in [1.82, 2.24) is 10.3 Å². The van der Waals surface area contributed by atoms with Crippen molar-refractivity contribution >= 4 is 6.09 Å². The van der Waals surface area contributed by atoms with Crippen LogP contribution in [0.4, 0.5) is 13.6 Å². The van der Waals surface area contributed by atoms with Crippen molar-refractivity contribution < 1.29 is 18.3 Å². The maximum absolute atomic E-state index is 13.6. The second kappa shape index (κ2) is 6.55. The number of carbonyl (C=O) groups is 1. The van der Waals surface area contributed by atoms with Crippen LogP contribution in [0.15, 0.2) is 66.7 Å². The van der Waals surface area contributed by atoms with Crippen LogP contribution in [0.1, 0.15) is 23.4 Å². The summed E-state index contributed by atoms with van der Waals surface area (Å²) >= 11 is 0. The molecule has 4 nitrogen and oxygen atoms in total. The Hall–Kier alpha value is -3.28. The zero-order valence-corrected chi connectivity index (χ0v) is 13.5. The fraction of sp³-hybridized carbons (Fsp3) is 0.100. The van der Waals surface area contributed by atoms with E-state index in [4.69, 9.17) is 4.74 Å². The van der Waals surface area contributed by atoms with Gasteiger partial charge >= 0.3 is 6.09 Å². The fourth-order valence-corrected chi connectivity index (χ4v) is 3.04. The van der Waals surface area contributed by atoms with Gasteiger partial charge in [-0.3, -0.25) is 4.98 Å². The van der Waals surface area contributed by atoms with E-state index in [0.717, 1.165) is 29.5 Å². The Bertz CT molecular complexity index is 943. The smallest absolute Gasteiger partial charge is 0.408 e. The maximum Gasteiger partial charge on any atom is 0.408 e. The molecule has 2 heterocycles. The Morgan fingerprint density at radius 2 is 1.65 bits per heavy atom. The highest BCUT2D eigenvalue weighted by Gasteiger charge is 2.37. The number of alkyl carbamates (subject to hydrolysis) is 1. The number of ether oxygens (including phenoxy) is 1. The molecule has 1 saturated heterocycles. The molecule has 0 bridgehead atoms. The van der Waals surface area contributed by atoms with Gasteiger partial charge in [-0.05, 0) is 24.3 Å². The third-order valence-corrected chi connectivity index (χ3v) is 4.18. The van der Waals surface area contributed by atoms with Gasteiger partial charge in [0.2, 0.25) is 0 Å². The standard InChI is InChI=1S/C20H14F2N2O2/c21-14-9-13(10-15(22)11-14)19-18(24-20(25)26-19)17-8-4-7-16(23-17)12-5-2-1-3-6-12/h1-11,18-19H,(H,24,25)/t18-,19-/m0/s1. The number of hydrogen-bond donors (Lipinski definition) is 1. The predicted molar refractivity (Wildman–Crippen MR) is 91.1 cm³/mol. The van der Waals surface area contributed by atoms with Crippen molar-refractivity contribution in [3.05, 3.63) is 89.6 Å². The summed E-state index contributed by atoms with van der Waals surface area (Å²) in [6.45, 7) is 0. The first-order valence-electron chi connectivity index (χ1n) is 8.06. The topological polar surface area (TPSA) is 51.2 Å². The monoisotopic (exact) mass is 352 g/mol. The molecule has 1 aromatic heterocycles. The molecule has 2 atom stereocenters. The Balaban J connectivity index is 1.72. The molecular weight excluding hydrogens is 338 g/mol. The molecule has 0 saturated carbocycles. The number of nitrogens with zero attached hydrogens (tertiary/aromatic N) is 1. The molecule has 1 fully saturated rings. The summed E-state index contributed by atoms with van der Waals surface area (Å²) in [6.07, 6.45) is -1.53. The lowest BCUT2D eigenvalue weighted by atomic mass is 9.99. The normalized spacial score (nSPS) is 19.1. The number of aromatic nitrogens is 1. The van der Waals surface area contributed by atoms with Gasteiger partial charge in [0.05, 0.1) is 11.4 Å². The molecule has 1 aliphatic rings. The van der Waals surface area contributed by atoms with E-state index in [0.29, 0.717) is 5.69 Å². The quantitative estimate of drug-likeness (QED) is 0.752. The number of pyridine rings is 1. The van der Waals surface area contributed by atoms with Crippen LogP contribution in [-0.4, -0.2) is 11.1 Å². The molecule has 26 heavy (non-hydrogen) atoms. The molecule has 6 heteroatoms. The molecule has 1 amide bonds. The summed E-state index contributed by atoms with van der Waals surface area (Å²) < 4.78 is 32.4. The third kappa shape index (κ3) is 3.13. The summed E-state index contributed by atoms with van der Waals surface area (Å²) in [4.78, 5) is 16.4. The lowest BCUT2D eigenvalue weighted by Gasteiger charge is -2.17. The van der Waals surface area contributed by atoms with Crippen molar-refractivity contribution in [1.29, 1.82) is 0 Å². The van der Waals surface area contributed by atoms with Crippen LogP contribution in [-0.2, 0) is 4.74 Å². The molecule has 1 aliphatic heterocycles. The zero-order valence-electron chi connectivity index (χ0n) is 13.5. The Morgan fingerprint density at radius 1 is 0.923 bits per heavy atom. The number of benzene rings is 2. The summed E-state index contributed by atoms with van der Waals surface area (Å²) in [5.41, 5.74) is 2.44. The number of rotatable bonds is 3. The molecule has 3 aromatic rings. The number of hydrogen-bond acceptors (Lipinski definition) is 3. The van der Waals surface area contributed by atoms with Gasteiger partial charge in [0.1, 0.15) is 17.7 Å². The van der Waals surface area contributed by atoms with Crippen molar-refractivity contribution in [3.8, 4) is 11.3 Å². The summed E-state index contributed by atoms with van der Waals surface area (Å²) in [5.74, 6) is -1.46. The molecule has 0 unspecified atom stereocenters. The van der Waals surface area contributed by atoms with Crippen LogP contribution in [0.2, 0.25) is 0 Å². The van der Waals surface area contributed by atoms with Crippen LogP contribution >= 0.6 is 0 Å². The largest absolute Gasteiger partial charge is 0.439 e. The lowest BCUT2D eigenvalue weighted by Crippen LogP contribution is -2.20. The number of nitrogens with one attached hydrogen (secondary N) is 1. The maximum atomic E-state index is 13.6. The van der Waals surface area contributed by atoms with Gasteiger partial charge < -0.3 is 10.1 Å². The predicted octanol–water partition coefficient (Wildman–Crippen LogP) is 4.55. The van der Waals surface area contributed by atoms with E-state index < -0.39 is 29.9 Å². The van der Waals surface area contributed by atoms with E-state index in [2.05, 4.69) is 10.3 Å². The Labute approximate surface area is 148 Å². The number of carbonyl (C=O) groups excluding carboxylic acids is 1. The van der Waals surface area contributed by atoms with E-state index in [9.17, 15) is 13.6 Å². The summed E-state index contributed by atoms with van der Waals surface area (Å²) in [7, 11) is 0. The second-order valence-corrected chi connectivity index (χ2v) is 5.96. The Kier molecular flexibility index (Phi) is 4.08. The molecule has 0 radical (unpaired) electrons. The SMILES string of the molecule is O=C1N[C@@H](c2cccc(-c3ccccc3)n2)[C@H](c2cc(F)cc(F)c2)O1. The molecule has 0 aliphatic carbocycles. The minimum Gasteiger partial charge on any atom is -0.439 e. The number of halogens is 2. The van der Waals surface area contributed by atoms with Crippen molar-refractivity contribution in [2.24, 2.45) is 0 Å². The highest BCUT2D eigenvalue weighted by molar-refractivity contribution is 5.71.